The minimum Gasteiger partial charge on any atom is -0.457 e. The molecule has 0 radical (unpaired) electrons. The number of Topliss-reactive ketones (excluding diaryl/α,β-unsaturated/α-hetero) is 1. The highest BCUT2D eigenvalue weighted by Crippen LogP contribution is 2.17. The van der Waals surface area contributed by atoms with E-state index in [2.05, 4.69) is 4.72 Å². The summed E-state index contributed by atoms with van der Waals surface area (Å²) in [5, 5.41) is -0.303. The molecule has 1 heterocycles. The molecule has 158 valence electrons. The number of carbonyl (C=O) groups excluding carboxylic acids is 2. The van der Waals surface area contributed by atoms with Gasteiger partial charge in [0.15, 0.2) is 5.78 Å². The van der Waals surface area contributed by atoms with Crippen LogP contribution in [0, 0.1) is 0 Å². The highest BCUT2D eigenvalue weighted by molar-refractivity contribution is 7.89. The van der Waals surface area contributed by atoms with Crippen LogP contribution < -0.4 is 4.72 Å². The van der Waals surface area contributed by atoms with Crippen molar-refractivity contribution in [3.63, 3.8) is 0 Å². The van der Waals surface area contributed by atoms with Crippen LogP contribution in [-0.2, 0) is 36.2 Å². The summed E-state index contributed by atoms with van der Waals surface area (Å²) in [6, 6.07) is 7.80. The van der Waals surface area contributed by atoms with Crippen molar-refractivity contribution in [1.29, 1.82) is 0 Å². The highest BCUT2D eigenvalue weighted by atomic mass is 32.2. The van der Waals surface area contributed by atoms with Gasteiger partial charge >= 0.3 is 5.97 Å². The lowest BCUT2D eigenvalue weighted by Crippen LogP contribution is -2.30. The minimum atomic E-state index is -3.98. The number of furan rings is 1. The average molecular weight is 444 g/mol. The molecule has 0 aliphatic heterocycles. The first-order valence-electron chi connectivity index (χ1n) is 8.21. The second-order valence-electron chi connectivity index (χ2n) is 6.07. The largest absolute Gasteiger partial charge is 0.457 e. The Hall–Kier alpha value is -2.54. The van der Waals surface area contributed by atoms with E-state index >= 15 is 0 Å². The number of benzene rings is 1. The van der Waals surface area contributed by atoms with Crippen LogP contribution in [0.15, 0.2) is 50.8 Å². The van der Waals surface area contributed by atoms with Crippen molar-refractivity contribution in [3.05, 3.63) is 47.7 Å². The number of ketones is 1. The van der Waals surface area contributed by atoms with Gasteiger partial charge in [-0.1, -0.05) is 12.1 Å². The third-order valence-electron chi connectivity index (χ3n) is 3.73. The van der Waals surface area contributed by atoms with Crippen molar-refractivity contribution in [3.8, 4) is 0 Å². The van der Waals surface area contributed by atoms with Gasteiger partial charge in [-0.2, -0.15) is 4.72 Å². The lowest BCUT2D eigenvalue weighted by Gasteiger charge is -2.08. The molecule has 0 saturated heterocycles. The van der Waals surface area contributed by atoms with Crippen LogP contribution in [-0.4, -0.2) is 53.5 Å². The number of sulfonamides is 2. The molecular formula is C17H20N2O8S2. The molecule has 29 heavy (non-hydrogen) atoms. The van der Waals surface area contributed by atoms with E-state index in [0.717, 1.165) is 4.31 Å². The maximum absolute atomic E-state index is 12.2. The summed E-state index contributed by atoms with van der Waals surface area (Å²) in [4.78, 5) is 22.9. The van der Waals surface area contributed by atoms with Crippen molar-refractivity contribution >= 4 is 31.8 Å². The topological polar surface area (TPSA) is 140 Å². The molecule has 10 nitrogen and oxygen atoms in total. The maximum Gasteiger partial charge on any atom is 0.321 e. The van der Waals surface area contributed by atoms with Crippen LogP contribution >= 0.6 is 0 Å². The monoisotopic (exact) mass is 444 g/mol. The summed E-state index contributed by atoms with van der Waals surface area (Å²) in [5.74, 6) is -1.01. The molecule has 2 aromatic rings. The summed E-state index contributed by atoms with van der Waals surface area (Å²) < 4.78 is 61.3. The molecule has 0 aliphatic carbocycles. The van der Waals surface area contributed by atoms with Crippen LogP contribution in [0.5, 0.6) is 0 Å². The van der Waals surface area contributed by atoms with E-state index in [1.54, 1.807) is 0 Å². The molecule has 2 rings (SSSR count). The van der Waals surface area contributed by atoms with Gasteiger partial charge in [-0.05, 0) is 31.2 Å². The molecule has 0 atom stereocenters. The Kier molecular flexibility index (Phi) is 6.95. The molecule has 0 unspecified atom stereocenters. The zero-order chi connectivity index (χ0) is 21.8. The fraction of sp³-hybridized carbons (Fsp3) is 0.294. The van der Waals surface area contributed by atoms with Crippen molar-refractivity contribution < 1.29 is 35.6 Å². The van der Waals surface area contributed by atoms with E-state index in [1.165, 1.54) is 57.4 Å². The normalized spacial score (nSPS) is 12.1. The highest BCUT2D eigenvalue weighted by Gasteiger charge is 2.22. The number of nitrogens with one attached hydrogen (secondary N) is 1. The number of ether oxygens (including phenoxy) is 1. The summed E-state index contributed by atoms with van der Waals surface area (Å²) in [6.07, 6.45) is 0. The second-order valence-corrected chi connectivity index (χ2v) is 9.92. The van der Waals surface area contributed by atoms with Crippen molar-refractivity contribution in [2.45, 2.75) is 23.5 Å². The third kappa shape index (κ3) is 5.73. The van der Waals surface area contributed by atoms with Crippen LogP contribution in [0.2, 0.25) is 0 Å². The van der Waals surface area contributed by atoms with Crippen LogP contribution in [0.25, 0.3) is 0 Å². The Morgan fingerprint density at radius 1 is 1.03 bits per heavy atom. The zero-order valence-corrected chi connectivity index (χ0v) is 17.5. The molecule has 0 bridgehead atoms. The van der Waals surface area contributed by atoms with E-state index in [4.69, 9.17) is 9.15 Å². The first kappa shape index (κ1) is 22.7. The van der Waals surface area contributed by atoms with Crippen molar-refractivity contribution in [2.24, 2.45) is 0 Å². The van der Waals surface area contributed by atoms with E-state index in [9.17, 15) is 26.4 Å². The van der Waals surface area contributed by atoms with Gasteiger partial charge in [-0.25, -0.2) is 21.1 Å². The van der Waals surface area contributed by atoms with Crippen LogP contribution in [0.4, 0.5) is 0 Å². The summed E-state index contributed by atoms with van der Waals surface area (Å²) in [7, 11) is -5.04. The Balaban J connectivity index is 1.91. The number of nitrogens with zero attached hydrogens (tertiary/aromatic N) is 1. The Labute approximate surface area is 168 Å². The third-order valence-corrected chi connectivity index (χ3v) is 6.83. The number of hydrogen-bond acceptors (Lipinski definition) is 8. The molecule has 1 N–H and O–H groups in total. The average Bonchev–Trinajstić information content (AvgIpc) is 3.14. The number of esters is 1. The van der Waals surface area contributed by atoms with E-state index in [0.29, 0.717) is 5.56 Å². The first-order chi connectivity index (χ1) is 13.4. The number of rotatable bonds is 9. The minimum absolute atomic E-state index is 0.0847. The predicted octanol–water partition coefficient (Wildman–Crippen LogP) is 0.754. The molecule has 0 amide bonds. The van der Waals surface area contributed by atoms with Crippen molar-refractivity contribution in [1.82, 2.24) is 9.03 Å². The van der Waals surface area contributed by atoms with Gasteiger partial charge in [0.2, 0.25) is 15.1 Å². The Bertz CT molecular complexity index is 1100. The molecular weight excluding hydrogens is 424 g/mol. The number of carbonyl (C=O) groups is 2. The molecule has 1 aromatic carbocycles. The number of hydrogen-bond donors (Lipinski definition) is 1. The predicted molar refractivity (Wildman–Crippen MR) is 101 cm³/mol. The lowest BCUT2D eigenvalue weighted by atomic mass is 10.2. The van der Waals surface area contributed by atoms with E-state index < -0.39 is 32.6 Å². The Morgan fingerprint density at radius 2 is 1.66 bits per heavy atom. The van der Waals surface area contributed by atoms with Crippen molar-refractivity contribution in [2.75, 3.05) is 20.6 Å². The van der Waals surface area contributed by atoms with Gasteiger partial charge in [-0.15, -0.1) is 0 Å². The van der Waals surface area contributed by atoms with E-state index in [1.807, 2.05) is 0 Å². The maximum atomic E-state index is 12.2. The molecule has 0 aliphatic rings. The molecule has 0 saturated carbocycles. The van der Waals surface area contributed by atoms with Gasteiger partial charge in [-0.3, -0.25) is 9.59 Å². The van der Waals surface area contributed by atoms with Gasteiger partial charge in [0.25, 0.3) is 10.0 Å². The fourth-order valence-electron chi connectivity index (χ4n) is 2.06. The fourth-order valence-corrected chi connectivity index (χ4v) is 3.84. The summed E-state index contributed by atoms with van der Waals surface area (Å²) in [6.45, 7) is 0.354. The molecule has 0 fully saturated rings. The van der Waals surface area contributed by atoms with E-state index in [-0.39, 0.29) is 28.1 Å². The molecule has 0 spiro atoms. The first-order valence-corrected chi connectivity index (χ1v) is 11.1. The Morgan fingerprint density at radius 3 is 2.21 bits per heavy atom. The summed E-state index contributed by atoms with van der Waals surface area (Å²) in [5.41, 5.74) is 0.359. The molecule has 1 aromatic heterocycles. The van der Waals surface area contributed by atoms with Crippen LogP contribution in [0.3, 0.4) is 0 Å². The van der Waals surface area contributed by atoms with Gasteiger partial charge in [0.1, 0.15) is 18.9 Å². The molecule has 12 heteroatoms. The zero-order valence-electron chi connectivity index (χ0n) is 15.9. The lowest BCUT2D eigenvalue weighted by molar-refractivity contribution is -0.144. The smallest absolute Gasteiger partial charge is 0.321 e. The van der Waals surface area contributed by atoms with Gasteiger partial charge in [0, 0.05) is 19.7 Å². The van der Waals surface area contributed by atoms with Crippen LogP contribution in [0.1, 0.15) is 23.0 Å². The van der Waals surface area contributed by atoms with Gasteiger partial charge < -0.3 is 9.15 Å². The van der Waals surface area contributed by atoms with Gasteiger partial charge in [0.05, 0.1) is 4.90 Å². The second kappa shape index (κ2) is 8.86. The SMILES string of the molecule is CC(=O)c1ccc(S(=O)(=O)NCC(=O)OCc2ccc(S(=O)(=O)N(C)C)o2)cc1. The standard InChI is InChI=1S/C17H20N2O8S2/c1-12(20)13-4-7-15(8-5-13)28(22,23)18-10-16(21)26-11-14-6-9-17(27-14)29(24,25)19(2)3/h4-9,18H,10-11H2,1-3H3. The summed E-state index contributed by atoms with van der Waals surface area (Å²) >= 11 is 0. The quantitative estimate of drug-likeness (QED) is 0.441.